The zero-order chi connectivity index (χ0) is 13.1. The largest absolute Gasteiger partial charge is 0.372 e. The number of halogens is 1. The van der Waals surface area contributed by atoms with Gasteiger partial charge in [0, 0.05) is 19.6 Å². The molecule has 3 heteroatoms. The molecule has 1 atom stereocenters. The molecule has 2 rings (SSSR count). The maximum atomic E-state index is 14.0. The lowest BCUT2D eigenvalue weighted by atomic mass is 10.0. The van der Waals surface area contributed by atoms with Gasteiger partial charge in [-0.2, -0.15) is 0 Å². The Morgan fingerprint density at radius 1 is 1.44 bits per heavy atom. The predicted molar refractivity (Wildman–Crippen MR) is 74.4 cm³/mol. The van der Waals surface area contributed by atoms with E-state index in [0.29, 0.717) is 5.69 Å². The number of rotatable bonds is 6. The van der Waals surface area contributed by atoms with E-state index in [4.69, 9.17) is 5.73 Å². The van der Waals surface area contributed by atoms with Crippen LogP contribution in [-0.4, -0.2) is 19.6 Å². The van der Waals surface area contributed by atoms with Crippen molar-refractivity contribution in [1.29, 1.82) is 0 Å². The van der Waals surface area contributed by atoms with Crippen LogP contribution >= 0.6 is 0 Å². The minimum Gasteiger partial charge on any atom is -0.372 e. The molecule has 0 aliphatic heterocycles. The lowest BCUT2D eigenvalue weighted by molar-refractivity contribution is 0.608. The van der Waals surface area contributed by atoms with E-state index in [1.165, 1.54) is 12.8 Å². The first kappa shape index (κ1) is 13.3. The molecule has 1 aromatic rings. The van der Waals surface area contributed by atoms with Crippen LogP contribution in [0.25, 0.3) is 0 Å². The first-order valence-corrected chi connectivity index (χ1v) is 6.85. The Morgan fingerprint density at radius 2 is 2.17 bits per heavy atom. The van der Waals surface area contributed by atoms with Gasteiger partial charge in [-0.15, -0.1) is 0 Å². The quantitative estimate of drug-likeness (QED) is 0.841. The molecule has 1 unspecified atom stereocenters. The zero-order valence-corrected chi connectivity index (χ0v) is 11.3. The molecule has 2 N–H and O–H groups in total. The maximum Gasteiger partial charge on any atom is 0.146 e. The van der Waals surface area contributed by atoms with Crippen LogP contribution in [0.1, 0.15) is 31.7 Å². The Hall–Kier alpha value is -1.09. The molecule has 100 valence electrons. The summed E-state index contributed by atoms with van der Waals surface area (Å²) in [6.07, 6.45) is 4.25. The van der Waals surface area contributed by atoms with Crippen LogP contribution in [0.3, 0.4) is 0 Å². The van der Waals surface area contributed by atoms with Gasteiger partial charge < -0.3 is 10.6 Å². The van der Waals surface area contributed by atoms with Crippen LogP contribution < -0.4 is 10.6 Å². The van der Waals surface area contributed by atoms with Crippen molar-refractivity contribution in [2.45, 2.75) is 38.6 Å². The van der Waals surface area contributed by atoms with Crippen molar-refractivity contribution in [3.05, 3.63) is 29.6 Å². The van der Waals surface area contributed by atoms with Gasteiger partial charge in [0.15, 0.2) is 0 Å². The van der Waals surface area contributed by atoms with Crippen molar-refractivity contribution in [1.82, 2.24) is 0 Å². The second-order valence-electron chi connectivity index (χ2n) is 5.48. The van der Waals surface area contributed by atoms with Gasteiger partial charge in [-0.25, -0.2) is 4.39 Å². The Morgan fingerprint density at radius 3 is 2.72 bits per heavy atom. The highest BCUT2D eigenvalue weighted by molar-refractivity contribution is 5.48. The molecule has 0 heterocycles. The molecule has 0 aromatic heterocycles. The maximum absolute atomic E-state index is 14.0. The summed E-state index contributed by atoms with van der Waals surface area (Å²) in [7, 11) is 1.97. The van der Waals surface area contributed by atoms with Crippen molar-refractivity contribution in [3.63, 3.8) is 0 Å². The third kappa shape index (κ3) is 3.45. The molecule has 0 bridgehead atoms. The number of benzene rings is 1. The lowest BCUT2D eigenvalue weighted by Gasteiger charge is -2.20. The van der Waals surface area contributed by atoms with Crippen molar-refractivity contribution in [2.75, 3.05) is 18.5 Å². The third-order valence-electron chi connectivity index (χ3n) is 3.67. The molecular weight excluding hydrogens is 227 g/mol. The number of hydrogen-bond donors (Lipinski definition) is 1. The second-order valence-corrected chi connectivity index (χ2v) is 5.48. The second kappa shape index (κ2) is 5.70. The van der Waals surface area contributed by atoms with Crippen LogP contribution in [0, 0.1) is 11.7 Å². The standard InChI is InChI=1S/C15H23FN2/c1-3-13(17)8-12-6-7-15(14(16)9-12)18(2)10-11-4-5-11/h6-7,9,11,13H,3-5,8,10,17H2,1-2H3. The summed E-state index contributed by atoms with van der Waals surface area (Å²) in [5.41, 5.74) is 7.59. The average molecular weight is 250 g/mol. The van der Waals surface area contributed by atoms with Crippen LogP contribution in [0.15, 0.2) is 18.2 Å². The summed E-state index contributed by atoms with van der Waals surface area (Å²) < 4.78 is 14.0. The molecule has 1 saturated carbocycles. The summed E-state index contributed by atoms with van der Waals surface area (Å²) in [5.74, 6) is 0.640. The number of hydrogen-bond acceptors (Lipinski definition) is 2. The Balaban J connectivity index is 2.03. The molecular formula is C15H23FN2. The highest BCUT2D eigenvalue weighted by Gasteiger charge is 2.23. The fraction of sp³-hybridized carbons (Fsp3) is 0.600. The van der Waals surface area contributed by atoms with E-state index in [0.717, 1.165) is 30.9 Å². The SMILES string of the molecule is CCC(N)Cc1ccc(N(C)CC2CC2)c(F)c1. The predicted octanol–water partition coefficient (Wildman–Crippen LogP) is 2.95. The van der Waals surface area contributed by atoms with E-state index in [1.54, 1.807) is 6.07 Å². The monoisotopic (exact) mass is 250 g/mol. The molecule has 0 radical (unpaired) electrons. The molecule has 1 aliphatic rings. The minimum absolute atomic E-state index is 0.124. The smallest absolute Gasteiger partial charge is 0.146 e. The van der Waals surface area contributed by atoms with Crippen molar-refractivity contribution < 1.29 is 4.39 Å². The molecule has 0 spiro atoms. The summed E-state index contributed by atoms with van der Waals surface area (Å²) >= 11 is 0. The summed E-state index contributed by atoms with van der Waals surface area (Å²) in [5, 5.41) is 0. The number of nitrogens with zero attached hydrogens (tertiary/aromatic N) is 1. The van der Waals surface area contributed by atoms with E-state index in [1.807, 2.05) is 24.1 Å². The van der Waals surface area contributed by atoms with Crippen LogP contribution in [0.4, 0.5) is 10.1 Å². The van der Waals surface area contributed by atoms with Crippen LogP contribution in [-0.2, 0) is 6.42 Å². The van der Waals surface area contributed by atoms with Gasteiger partial charge in [0.2, 0.25) is 0 Å². The Bertz CT molecular complexity index is 401. The summed E-state index contributed by atoms with van der Waals surface area (Å²) in [4.78, 5) is 2.02. The average Bonchev–Trinajstić information content (AvgIpc) is 3.12. The van der Waals surface area contributed by atoms with Crippen molar-refractivity contribution in [3.8, 4) is 0 Å². The summed E-state index contributed by atoms with van der Waals surface area (Å²) in [6.45, 7) is 3.02. The molecule has 18 heavy (non-hydrogen) atoms. The topological polar surface area (TPSA) is 29.3 Å². The minimum atomic E-state index is -0.126. The van der Waals surface area contributed by atoms with E-state index in [-0.39, 0.29) is 11.9 Å². The Kier molecular flexibility index (Phi) is 4.23. The first-order chi connectivity index (χ1) is 8.60. The van der Waals surface area contributed by atoms with Crippen LogP contribution in [0.5, 0.6) is 0 Å². The molecule has 1 aliphatic carbocycles. The normalized spacial score (nSPS) is 16.7. The highest BCUT2D eigenvalue weighted by Crippen LogP contribution is 2.31. The fourth-order valence-corrected chi connectivity index (χ4v) is 2.22. The number of anilines is 1. The molecule has 0 amide bonds. The van der Waals surface area contributed by atoms with Gasteiger partial charge in [-0.1, -0.05) is 13.0 Å². The number of nitrogens with two attached hydrogens (primary N) is 1. The first-order valence-electron chi connectivity index (χ1n) is 6.85. The van der Waals surface area contributed by atoms with Crippen molar-refractivity contribution in [2.24, 2.45) is 11.7 Å². The fourth-order valence-electron chi connectivity index (χ4n) is 2.22. The van der Waals surface area contributed by atoms with E-state index in [2.05, 4.69) is 6.92 Å². The molecule has 1 aromatic carbocycles. The van der Waals surface area contributed by atoms with E-state index in [9.17, 15) is 4.39 Å². The van der Waals surface area contributed by atoms with E-state index >= 15 is 0 Å². The third-order valence-corrected chi connectivity index (χ3v) is 3.67. The van der Waals surface area contributed by atoms with Gasteiger partial charge in [0.25, 0.3) is 0 Å². The van der Waals surface area contributed by atoms with Crippen LogP contribution in [0.2, 0.25) is 0 Å². The van der Waals surface area contributed by atoms with E-state index < -0.39 is 0 Å². The summed E-state index contributed by atoms with van der Waals surface area (Å²) in [6, 6.07) is 5.64. The zero-order valence-electron chi connectivity index (χ0n) is 11.3. The molecule has 0 saturated heterocycles. The lowest BCUT2D eigenvalue weighted by Crippen LogP contribution is -2.23. The van der Waals surface area contributed by atoms with Gasteiger partial charge in [0.05, 0.1) is 5.69 Å². The van der Waals surface area contributed by atoms with Gasteiger partial charge in [0.1, 0.15) is 5.82 Å². The van der Waals surface area contributed by atoms with Gasteiger partial charge in [-0.3, -0.25) is 0 Å². The van der Waals surface area contributed by atoms with Gasteiger partial charge in [-0.05, 0) is 49.3 Å². The van der Waals surface area contributed by atoms with Crippen molar-refractivity contribution >= 4 is 5.69 Å². The highest BCUT2D eigenvalue weighted by atomic mass is 19.1. The molecule has 1 fully saturated rings. The Labute approximate surface area is 109 Å². The van der Waals surface area contributed by atoms with Gasteiger partial charge >= 0.3 is 0 Å². The molecule has 2 nitrogen and oxygen atoms in total.